The van der Waals surface area contributed by atoms with Gasteiger partial charge < -0.3 is 4.90 Å². The van der Waals surface area contributed by atoms with Gasteiger partial charge in [-0.3, -0.25) is 9.69 Å². The fourth-order valence-electron chi connectivity index (χ4n) is 7.35. The van der Waals surface area contributed by atoms with Gasteiger partial charge in [0.05, 0.1) is 5.54 Å². The van der Waals surface area contributed by atoms with Crippen LogP contribution in [0.25, 0.3) is 5.57 Å². The summed E-state index contributed by atoms with van der Waals surface area (Å²) in [6.07, 6.45) is 9.74. The van der Waals surface area contributed by atoms with Crippen molar-refractivity contribution < 1.29 is 4.79 Å². The molecule has 1 spiro atoms. The van der Waals surface area contributed by atoms with Crippen LogP contribution in [0.4, 0.5) is 0 Å². The van der Waals surface area contributed by atoms with E-state index in [1.807, 2.05) is 0 Å². The second-order valence-corrected chi connectivity index (χ2v) is 11.0. The van der Waals surface area contributed by atoms with Crippen LogP contribution in [-0.4, -0.2) is 41.9 Å². The number of benzene rings is 2. The van der Waals surface area contributed by atoms with E-state index in [1.54, 1.807) is 11.1 Å². The van der Waals surface area contributed by atoms with Gasteiger partial charge >= 0.3 is 0 Å². The SMILES string of the molecule is CN(C)C1(c2ccccc2)CCC2(CC1)C1=C(CCN2C(=O)C2CCC2)c2ccccc2C1. The summed E-state index contributed by atoms with van der Waals surface area (Å²) in [6, 6.07) is 20.0. The third-order valence-corrected chi connectivity index (χ3v) is 9.53. The summed E-state index contributed by atoms with van der Waals surface area (Å²) >= 11 is 0. The Morgan fingerprint density at radius 3 is 2.30 bits per heavy atom. The first-order valence-corrected chi connectivity index (χ1v) is 12.9. The Kier molecular flexibility index (Phi) is 5.03. The second-order valence-electron chi connectivity index (χ2n) is 11.0. The molecular weight excluding hydrogens is 404 g/mol. The lowest BCUT2D eigenvalue weighted by molar-refractivity contribution is -0.146. The molecule has 33 heavy (non-hydrogen) atoms. The maximum Gasteiger partial charge on any atom is 0.226 e. The Hall–Kier alpha value is -2.39. The molecule has 3 nitrogen and oxygen atoms in total. The maximum atomic E-state index is 13.8. The van der Waals surface area contributed by atoms with E-state index >= 15 is 0 Å². The van der Waals surface area contributed by atoms with Crippen LogP contribution < -0.4 is 0 Å². The molecule has 3 aliphatic carbocycles. The largest absolute Gasteiger partial charge is 0.333 e. The Morgan fingerprint density at radius 1 is 0.939 bits per heavy atom. The highest BCUT2D eigenvalue weighted by atomic mass is 16.2. The summed E-state index contributed by atoms with van der Waals surface area (Å²) in [6.45, 7) is 0.892. The number of rotatable bonds is 3. The van der Waals surface area contributed by atoms with Crippen molar-refractivity contribution in [2.75, 3.05) is 20.6 Å². The van der Waals surface area contributed by atoms with Crippen molar-refractivity contribution in [1.82, 2.24) is 9.80 Å². The van der Waals surface area contributed by atoms with Crippen molar-refractivity contribution in [3.05, 3.63) is 76.9 Å². The molecule has 1 aliphatic heterocycles. The lowest BCUT2D eigenvalue weighted by Gasteiger charge is -2.57. The van der Waals surface area contributed by atoms with Crippen LogP contribution in [0.2, 0.25) is 0 Å². The van der Waals surface area contributed by atoms with Crippen LogP contribution >= 0.6 is 0 Å². The molecular formula is C30H36N2O. The smallest absolute Gasteiger partial charge is 0.226 e. The number of hydrogen-bond donors (Lipinski definition) is 0. The maximum absolute atomic E-state index is 13.8. The monoisotopic (exact) mass is 440 g/mol. The molecule has 2 aromatic carbocycles. The quantitative estimate of drug-likeness (QED) is 0.602. The van der Waals surface area contributed by atoms with Gasteiger partial charge in [0.25, 0.3) is 0 Å². The third-order valence-electron chi connectivity index (χ3n) is 9.53. The van der Waals surface area contributed by atoms with Crippen LogP contribution in [0.5, 0.6) is 0 Å². The van der Waals surface area contributed by atoms with Crippen molar-refractivity contribution in [1.29, 1.82) is 0 Å². The first kappa shape index (κ1) is 21.2. The predicted octanol–water partition coefficient (Wildman–Crippen LogP) is 5.80. The number of fused-ring (bicyclic) bond motifs is 3. The van der Waals surface area contributed by atoms with E-state index in [9.17, 15) is 4.79 Å². The molecule has 0 N–H and O–H groups in total. The lowest BCUT2D eigenvalue weighted by atomic mass is 9.63. The van der Waals surface area contributed by atoms with Gasteiger partial charge in [-0.2, -0.15) is 0 Å². The van der Waals surface area contributed by atoms with Gasteiger partial charge in [0.15, 0.2) is 0 Å². The molecule has 2 saturated carbocycles. The van der Waals surface area contributed by atoms with E-state index in [4.69, 9.17) is 0 Å². The van der Waals surface area contributed by atoms with Crippen LogP contribution in [0.1, 0.15) is 68.1 Å². The molecule has 2 fully saturated rings. The Balaban J connectivity index is 1.41. The van der Waals surface area contributed by atoms with Crippen molar-refractivity contribution in [3.63, 3.8) is 0 Å². The zero-order valence-corrected chi connectivity index (χ0v) is 20.1. The minimum Gasteiger partial charge on any atom is -0.333 e. The molecule has 0 saturated heterocycles. The molecule has 1 heterocycles. The van der Waals surface area contributed by atoms with Crippen LogP contribution in [0.3, 0.4) is 0 Å². The van der Waals surface area contributed by atoms with Gasteiger partial charge in [0.2, 0.25) is 5.91 Å². The number of carbonyl (C=O) groups excluding carboxylic acids is 1. The minimum atomic E-state index is -0.104. The van der Waals surface area contributed by atoms with Crippen molar-refractivity contribution >= 4 is 11.5 Å². The molecule has 4 aliphatic rings. The van der Waals surface area contributed by atoms with E-state index in [0.29, 0.717) is 5.91 Å². The van der Waals surface area contributed by atoms with Crippen molar-refractivity contribution in [3.8, 4) is 0 Å². The summed E-state index contributed by atoms with van der Waals surface area (Å²) in [5.41, 5.74) is 7.40. The summed E-state index contributed by atoms with van der Waals surface area (Å²) in [7, 11) is 4.47. The number of amides is 1. The highest BCUT2D eigenvalue weighted by Crippen LogP contribution is 2.56. The molecule has 0 aromatic heterocycles. The highest BCUT2D eigenvalue weighted by molar-refractivity contribution is 5.86. The van der Waals surface area contributed by atoms with Gasteiger partial charge in [-0.1, -0.05) is 61.0 Å². The topological polar surface area (TPSA) is 23.6 Å². The Labute approximate surface area is 198 Å². The summed E-state index contributed by atoms with van der Waals surface area (Å²) in [5.74, 6) is 0.711. The number of carbonyl (C=O) groups is 1. The molecule has 0 bridgehead atoms. The van der Waals surface area contributed by atoms with Gasteiger partial charge in [-0.05, 0) is 93.3 Å². The molecule has 2 aromatic rings. The zero-order valence-electron chi connectivity index (χ0n) is 20.1. The number of nitrogens with zero attached hydrogens (tertiary/aromatic N) is 2. The average molecular weight is 441 g/mol. The van der Waals surface area contributed by atoms with Crippen molar-refractivity contribution in [2.24, 2.45) is 5.92 Å². The standard InChI is InChI=1S/C30H36N2O/c1-31(2)29(24-12-4-3-5-13-24)16-18-30(19-17-29)27-21-23-9-6-7-14-25(23)26(27)15-20-32(30)28(33)22-10-8-11-22/h3-7,9,12-14,22H,8,10-11,15-21H2,1-2H3. The predicted molar refractivity (Wildman–Crippen MR) is 134 cm³/mol. The Bertz CT molecular complexity index is 1090. The molecule has 0 unspecified atom stereocenters. The second kappa shape index (κ2) is 7.84. The summed E-state index contributed by atoms with van der Waals surface area (Å²) in [5, 5.41) is 0. The van der Waals surface area contributed by atoms with E-state index in [-0.39, 0.29) is 17.0 Å². The summed E-state index contributed by atoms with van der Waals surface area (Å²) < 4.78 is 0. The minimum absolute atomic E-state index is 0.0430. The fraction of sp³-hybridized carbons (Fsp3) is 0.500. The molecule has 172 valence electrons. The van der Waals surface area contributed by atoms with E-state index in [0.717, 1.165) is 57.9 Å². The molecule has 0 atom stereocenters. The molecule has 6 rings (SSSR count). The average Bonchev–Trinajstić information content (AvgIpc) is 3.19. The third kappa shape index (κ3) is 3.08. The van der Waals surface area contributed by atoms with Gasteiger partial charge in [-0.25, -0.2) is 0 Å². The first-order chi connectivity index (χ1) is 16.1. The molecule has 1 amide bonds. The van der Waals surface area contributed by atoms with Crippen LogP contribution in [-0.2, 0) is 16.8 Å². The first-order valence-electron chi connectivity index (χ1n) is 12.9. The van der Waals surface area contributed by atoms with E-state index in [1.165, 1.54) is 23.1 Å². The fourth-order valence-corrected chi connectivity index (χ4v) is 7.35. The summed E-state index contributed by atoms with van der Waals surface area (Å²) in [4.78, 5) is 18.6. The lowest BCUT2D eigenvalue weighted by Crippen LogP contribution is -2.61. The van der Waals surface area contributed by atoms with Crippen LogP contribution in [0.15, 0.2) is 60.2 Å². The number of hydrogen-bond acceptors (Lipinski definition) is 2. The normalized spacial score (nSPS) is 29.2. The molecule has 3 heteroatoms. The van der Waals surface area contributed by atoms with Gasteiger partial charge in [0.1, 0.15) is 0 Å². The highest BCUT2D eigenvalue weighted by Gasteiger charge is 2.54. The van der Waals surface area contributed by atoms with Crippen LogP contribution in [0, 0.1) is 5.92 Å². The van der Waals surface area contributed by atoms with Gasteiger partial charge in [0, 0.05) is 18.0 Å². The zero-order chi connectivity index (χ0) is 22.6. The van der Waals surface area contributed by atoms with E-state index in [2.05, 4.69) is 78.5 Å². The molecule has 0 radical (unpaired) electrons. The van der Waals surface area contributed by atoms with Gasteiger partial charge in [-0.15, -0.1) is 0 Å². The Morgan fingerprint density at radius 2 is 1.64 bits per heavy atom. The van der Waals surface area contributed by atoms with Crippen molar-refractivity contribution in [2.45, 2.75) is 68.9 Å². The van der Waals surface area contributed by atoms with E-state index < -0.39 is 0 Å².